The second-order valence-electron chi connectivity index (χ2n) is 8.91. The first kappa shape index (κ1) is 23.9. The van der Waals surface area contributed by atoms with Crippen LogP contribution in [0.25, 0.3) is 0 Å². The van der Waals surface area contributed by atoms with Gasteiger partial charge >= 0.3 is 6.09 Å². The zero-order valence-electron chi connectivity index (χ0n) is 18.3. The SMILES string of the molecule is CCCCC1SCC(C(=O)N[C@H]2CO[C@H]3[C@@H]2OC[C@@H]3O[N+](=O)[O-])N1C(=O)OC(C)(C)C. The second-order valence-corrected chi connectivity index (χ2v) is 10.1. The van der Waals surface area contributed by atoms with Gasteiger partial charge in [-0.1, -0.05) is 19.8 Å². The number of carbonyl (C=O) groups excluding carboxylic acids is 2. The van der Waals surface area contributed by atoms with Crippen LogP contribution in [0.5, 0.6) is 0 Å². The lowest BCUT2D eigenvalue weighted by atomic mass is 10.1. The van der Waals surface area contributed by atoms with Crippen LogP contribution in [0, 0.1) is 10.1 Å². The van der Waals surface area contributed by atoms with Gasteiger partial charge in [-0.25, -0.2) is 4.79 Å². The van der Waals surface area contributed by atoms with Crippen molar-refractivity contribution in [2.75, 3.05) is 19.0 Å². The molecule has 0 bridgehead atoms. The Kier molecular flexibility index (Phi) is 7.53. The van der Waals surface area contributed by atoms with Crippen molar-refractivity contribution < 1.29 is 33.7 Å². The first-order valence-corrected chi connectivity index (χ1v) is 11.6. The molecule has 3 fully saturated rings. The van der Waals surface area contributed by atoms with E-state index >= 15 is 0 Å². The number of nitrogens with zero attached hydrogens (tertiary/aromatic N) is 2. The smallest absolute Gasteiger partial charge is 0.411 e. The van der Waals surface area contributed by atoms with Crippen molar-refractivity contribution in [2.24, 2.45) is 0 Å². The molecule has 0 aromatic carbocycles. The third-order valence-electron chi connectivity index (χ3n) is 5.36. The molecule has 31 heavy (non-hydrogen) atoms. The summed E-state index contributed by atoms with van der Waals surface area (Å²) in [6, 6.07) is -1.15. The standard InChI is InChI=1S/C19H31N3O8S/c1-5-6-7-14-21(18(24)29-19(2,3)4)12(10-31-14)17(23)20-11-8-27-16-13(30-22(25)26)9-28-15(11)16/h11-16H,5-10H2,1-4H3,(H,20,23)/t11-,12?,13-,14?,15+,16+/m0/s1. The fraction of sp³-hybridized carbons (Fsp3) is 0.895. The van der Waals surface area contributed by atoms with Crippen molar-refractivity contribution in [3.63, 3.8) is 0 Å². The van der Waals surface area contributed by atoms with Gasteiger partial charge in [-0.3, -0.25) is 9.69 Å². The molecule has 11 nitrogen and oxygen atoms in total. The summed E-state index contributed by atoms with van der Waals surface area (Å²) in [4.78, 5) is 42.8. The van der Waals surface area contributed by atoms with Crippen LogP contribution in [-0.2, 0) is 23.8 Å². The predicted molar refractivity (Wildman–Crippen MR) is 111 cm³/mol. The summed E-state index contributed by atoms with van der Waals surface area (Å²) in [6.07, 6.45) is 0.239. The van der Waals surface area contributed by atoms with E-state index in [9.17, 15) is 19.7 Å². The van der Waals surface area contributed by atoms with Gasteiger partial charge in [0, 0.05) is 5.75 Å². The summed E-state index contributed by atoms with van der Waals surface area (Å²) in [5.41, 5.74) is -0.670. The number of thioether (sulfide) groups is 1. The molecule has 1 N–H and O–H groups in total. The van der Waals surface area contributed by atoms with E-state index in [2.05, 4.69) is 17.1 Å². The topological polar surface area (TPSA) is 129 Å². The monoisotopic (exact) mass is 461 g/mol. The largest absolute Gasteiger partial charge is 0.444 e. The van der Waals surface area contributed by atoms with Crippen molar-refractivity contribution in [2.45, 2.75) is 88.3 Å². The van der Waals surface area contributed by atoms with Crippen LogP contribution in [-0.4, -0.2) is 82.3 Å². The minimum absolute atomic E-state index is 0.0189. The maximum absolute atomic E-state index is 13.1. The van der Waals surface area contributed by atoms with E-state index in [4.69, 9.17) is 14.2 Å². The van der Waals surface area contributed by atoms with Gasteiger partial charge in [-0.2, -0.15) is 0 Å². The number of amides is 2. The van der Waals surface area contributed by atoms with Crippen LogP contribution in [0.2, 0.25) is 0 Å². The van der Waals surface area contributed by atoms with Crippen molar-refractivity contribution in [3.8, 4) is 0 Å². The molecule has 12 heteroatoms. The Morgan fingerprint density at radius 3 is 2.61 bits per heavy atom. The molecule has 3 rings (SSSR count). The van der Waals surface area contributed by atoms with Crippen LogP contribution in [0.3, 0.4) is 0 Å². The van der Waals surface area contributed by atoms with E-state index in [1.807, 2.05) is 0 Å². The summed E-state index contributed by atoms with van der Waals surface area (Å²) >= 11 is 1.57. The minimum atomic E-state index is -0.865. The molecule has 2 amide bonds. The molecule has 0 spiro atoms. The number of unbranched alkanes of at least 4 members (excludes halogenated alkanes) is 1. The van der Waals surface area contributed by atoms with Gasteiger partial charge < -0.3 is 24.4 Å². The highest BCUT2D eigenvalue weighted by atomic mass is 32.2. The summed E-state index contributed by atoms with van der Waals surface area (Å²) in [5, 5.41) is 12.6. The van der Waals surface area contributed by atoms with Crippen LogP contribution < -0.4 is 5.32 Å². The third kappa shape index (κ3) is 5.72. The molecule has 3 saturated heterocycles. The maximum atomic E-state index is 13.1. The molecular weight excluding hydrogens is 430 g/mol. The van der Waals surface area contributed by atoms with Gasteiger partial charge in [0.2, 0.25) is 5.91 Å². The maximum Gasteiger partial charge on any atom is 0.411 e. The molecule has 0 aliphatic carbocycles. The lowest BCUT2D eigenvalue weighted by molar-refractivity contribution is -0.769. The molecule has 0 aromatic rings. The highest BCUT2D eigenvalue weighted by Gasteiger charge is 2.51. The normalized spacial score (nSPS) is 32.6. The Morgan fingerprint density at radius 2 is 1.97 bits per heavy atom. The molecular formula is C19H31N3O8S. The number of hydrogen-bond donors (Lipinski definition) is 1. The molecule has 3 aliphatic heterocycles. The zero-order chi connectivity index (χ0) is 22.8. The number of hydrogen-bond acceptors (Lipinski definition) is 9. The number of carbonyl (C=O) groups is 2. The Balaban J connectivity index is 1.65. The summed E-state index contributed by atoms with van der Waals surface area (Å²) in [7, 11) is 0. The molecule has 6 atom stereocenters. The van der Waals surface area contributed by atoms with Crippen molar-refractivity contribution in [1.29, 1.82) is 0 Å². The molecule has 0 radical (unpaired) electrons. The lowest BCUT2D eigenvalue weighted by Crippen LogP contribution is -2.55. The Labute approximate surface area is 185 Å². The first-order valence-electron chi connectivity index (χ1n) is 10.6. The molecule has 176 valence electrons. The quantitative estimate of drug-likeness (QED) is 0.445. The van der Waals surface area contributed by atoms with E-state index in [-0.39, 0.29) is 24.5 Å². The number of ether oxygens (including phenoxy) is 3. The summed E-state index contributed by atoms with van der Waals surface area (Å²) in [5.74, 6) is 0.156. The van der Waals surface area contributed by atoms with Gasteiger partial charge in [0.05, 0.1) is 24.6 Å². The van der Waals surface area contributed by atoms with Gasteiger partial charge in [0.25, 0.3) is 5.09 Å². The Morgan fingerprint density at radius 1 is 1.26 bits per heavy atom. The van der Waals surface area contributed by atoms with Crippen molar-refractivity contribution in [3.05, 3.63) is 10.1 Å². The van der Waals surface area contributed by atoms with Gasteiger partial charge in [0.1, 0.15) is 23.9 Å². The Bertz CT molecular complexity index is 688. The molecule has 3 heterocycles. The van der Waals surface area contributed by atoms with Crippen molar-refractivity contribution >= 4 is 23.8 Å². The third-order valence-corrected chi connectivity index (χ3v) is 6.72. The highest BCUT2D eigenvalue weighted by Crippen LogP contribution is 2.35. The van der Waals surface area contributed by atoms with Gasteiger partial charge in [-0.15, -0.1) is 21.9 Å². The molecule has 3 aliphatic rings. The molecule has 0 aromatic heterocycles. The summed E-state index contributed by atoms with van der Waals surface area (Å²) < 4.78 is 16.8. The summed E-state index contributed by atoms with van der Waals surface area (Å²) in [6.45, 7) is 7.63. The second kappa shape index (κ2) is 9.78. The first-order chi connectivity index (χ1) is 14.6. The van der Waals surface area contributed by atoms with Crippen molar-refractivity contribution in [1.82, 2.24) is 10.2 Å². The van der Waals surface area contributed by atoms with E-state index in [0.29, 0.717) is 5.75 Å². The average molecular weight is 462 g/mol. The van der Waals surface area contributed by atoms with E-state index in [0.717, 1.165) is 19.3 Å². The van der Waals surface area contributed by atoms with Crippen LogP contribution >= 0.6 is 11.8 Å². The van der Waals surface area contributed by atoms with E-state index in [1.165, 1.54) is 0 Å². The highest BCUT2D eigenvalue weighted by molar-refractivity contribution is 8.00. The fourth-order valence-corrected chi connectivity index (χ4v) is 5.44. The number of fused-ring (bicyclic) bond motifs is 1. The van der Waals surface area contributed by atoms with Gasteiger partial charge in [-0.05, 0) is 27.2 Å². The molecule has 2 unspecified atom stereocenters. The van der Waals surface area contributed by atoms with Crippen LogP contribution in [0.15, 0.2) is 0 Å². The fourth-order valence-electron chi connectivity index (χ4n) is 3.99. The lowest BCUT2D eigenvalue weighted by Gasteiger charge is -2.32. The average Bonchev–Trinajstić information content (AvgIpc) is 3.35. The van der Waals surface area contributed by atoms with E-state index < -0.39 is 47.2 Å². The number of nitrogens with one attached hydrogen (secondary N) is 1. The zero-order valence-corrected chi connectivity index (χ0v) is 19.1. The number of rotatable bonds is 7. The van der Waals surface area contributed by atoms with E-state index in [1.54, 1.807) is 37.4 Å². The van der Waals surface area contributed by atoms with Crippen LogP contribution in [0.1, 0.15) is 47.0 Å². The Hall–Kier alpha value is -1.79. The predicted octanol–water partition coefficient (Wildman–Crippen LogP) is 1.71. The van der Waals surface area contributed by atoms with Crippen LogP contribution in [0.4, 0.5) is 4.79 Å². The van der Waals surface area contributed by atoms with Gasteiger partial charge in [0.15, 0.2) is 6.10 Å². The molecule has 0 saturated carbocycles. The minimum Gasteiger partial charge on any atom is -0.444 e.